The Morgan fingerprint density at radius 3 is 2.75 bits per heavy atom. The van der Waals surface area contributed by atoms with E-state index in [0.717, 1.165) is 11.0 Å². The first-order chi connectivity index (χ1) is 11.5. The summed E-state index contributed by atoms with van der Waals surface area (Å²) in [6, 6.07) is 11.8. The highest BCUT2D eigenvalue weighted by molar-refractivity contribution is 5.91. The summed E-state index contributed by atoms with van der Waals surface area (Å²) in [6.45, 7) is 1.81. The van der Waals surface area contributed by atoms with E-state index in [-0.39, 0.29) is 23.6 Å². The zero-order valence-corrected chi connectivity index (χ0v) is 12.8. The summed E-state index contributed by atoms with van der Waals surface area (Å²) in [7, 11) is 0. The van der Waals surface area contributed by atoms with Gasteiger partial charge in [-0.3, -0.25) is 14.9 Å². The minimum atomic E-state index is -0.638. The molecule has 2 aromatic heterocycles. The number of amides is 1. The quantitative estimate of drug-likeness (QED) is 0.436. The van der Waals surface area contributed by atoms with Gasteiger partial charge in [0.15, 0.2) is 0 Å². The first-order valence-electron chi connectivity index (χ1n) is 7.24. The van der Waals surface area contributed by atoms with E-state index < -0.39 is 4.92 Å². The number of fused-ring (bicyclic) bond motifs is 1. The lowest BCUT2D eigenvalue weighted by Gasteiger charge is -2.08. The number of furan rings is 2. The van der Waals surface area contributed by atoms with Gasteiger partial charge in [0.25, 0.3) is 0 Å². The van der Waals surface area contributed by atoms with Crippen LogP contribution in [0.4, 0.5) is 5.88 Å². The number of para-hydroxylation sites is 1. The van der Waals surface area contributed by atoms with Crippen molar-refractivity contribution >= 4 is 28.8 Å². The summed E-state index contributed by atoms with van der Waals surface area (Å²) in [6.07, 6.45) is 2.62. The molecule has 0 radical (unpaired) electrons. The number of benzene rings is 1. The Hall–Kier alpha value is -3.35. The maximum Gasteiger partial charge on any atom is 0.433 e. The third-order valence-corrected chi connectivity index (χ3v) is 3.42. The highest BCUT2D eigenvalue weighted by Gasteiger charge is 2.13. The summed E-state index contributed by atoms with van der Waals surface area (Å²) in [5.41, 5.74) is 0.757. The Morgan fingerprint density at radius 2 is 2.04 bits per heavy atom. The molecule has 7 nitrogen and oxygen atoms in total. The molecule has 1 atom stereocenters. The number of nitrogens with one attached hydrogen (secondary N) is 1. The van der Waals surface area contributed by atoms with E-state index in [2.05, 4.69) is 5.32 Å². The van der Waals surface area contributed by atoms with Gasteiger partial charge in [-0.15, -0.1) is 0 Å². The van der Waals surface area contributed by atoms with Crippen LogP contribution in [0.2, 0.25) is 0 Å². The van der Waals surface area contributed by atoms with Crippen LogP contribution in [-0.4, -0.2) is 10.8 Å². The SMILES string of the molecule is C[C@@H](NC(=O)/C=C/c1ccc([N+](=O)[O-])o1)c1cc2ccccc2o1. The molecular formula is C17H14N2O5. The first-order valence-corrected chi connectivity index (χ1v) is 7.24. The third kappa shape index (κ3) is 3.35. The van der Waals surface area contributed by atoms with Crippen molar-refractivity contribution in [3.05, 3.63) is 70.2 Å². The zero-order valence-electron chi connectivity index (χ0n) is 12.8. The summed E-state index contributed by atoms with van der Waals surface area (Å²) in [4.78, 5) is 21.8. The molecule has 122 valence electrons. The Bertz CT molecular complexity index is 889. The van der Waals surface area contributed by atoms with Crippen LogP contribution in [0.5, 0.6) is 0 Å². The highest BCUT2D eigenvalue weighted by Crippen LogP contribution is 2.23. The second kappa shape index (κ2) is 6.41. The lowest BCUT2D eigenvalue weighted by Crippen LogP contribution is -2.24. The van der Waals surface area contributed by atoms with Crippen LogP contribution in [0.25, 0.3) is 17.0 Å². The number of nitro groups is 1. The van der Waals surface area contributed by atoms with Crippen molar-refractivity contribution in [2.75, 3.05) is 0 Å². The molecular weight excluding hydrogens is 312 g/mol. The lowest BCUT2D eigenvalue weighted by atomic mass is 10.2. The number of hydrogen-bond donors (Lipinski definition) is 1. The predicted molar refractivity (Wildman–Crippen MR) is 87.2 cm³/mol. The van der Waals surface area contributed by atoms with Gasteiger partial charge >= 0.3 is 5.88 Å². The maximum absolute atomic E-state index is 11.9. The largest absolute Gasteiger partial charge is 0.459 e. The Labute approximate surface area is 136 Å². The summed E-state index contributed by atoms with van der Waals surface area (Å²) >= 11 is 0. The van der Waals surface area contributed by atoms with Crippen LogP contribution < -0.4 is 5.32 Å². The molecule has 0 fully saturated rings. The number of carbonyl (C=O) groups excluding carboxylic acids is 1. The molecule has 0 aliphatic rings. The van der Waals surface area contributed by atoms with Crippen LogP contribution in [0.1, 0.15) is 24.5 Å². The Kier molecular flexibility index (Phi) is 4.15. The van der Waals surface area contributed by atoms with Crippen molar-refractivity contribution in [1.29, 1.82) is 0 Å². The molecule has 1 aromatic carbocycles. The first kappa shape index (κ1) is 15.5. The number of carbonyl (C=O) groups is 1. The minimum Gasteiger partial charge on any atom is -0.459 e. The van der Waals surface area contributed by atoms with E-state index in [1.165, 1.54) is 24.3 Å². The van der Waals surface area contributed by atoms with Crippen LogP contribution in [-0.2, 0) is 4.79 Å². The van der Waals surface area contributed by atoms with E-state index in [1.54, 1.807) is 6.92 Å². The molecule has 24 heavy (non-hydrogen) atoms. The van der Waals surface area contributed by atoms with Gasteiger partial charge in [0, 0.05) is 11.5 Å². The minimum absolute atomic E-state index is 0.230. The highest BCUT2D eigenvalue weighted by atomic mass is 16.6. The fourth-order valence-electron chi connectivity index (χ4n) is 2.24. The second-order valence-electron chi connectivity index (χ2n) is 5.18. The topological polar surface area (TPSA) is 98.5 Å². The lowest BCUT2D eigenvalue weighted by molar-refractivity contribution is -0.402. The number of nitrogens with zero attached hydrogens (tertiary/aromatic N) is 1. The van der Waals surface area contributed by atoms with Crippen LogP contribution >= 0.6 is 0 Å². The van der Waals surface area contributed by atoms with E-state index in [9.17, 15) is 14.9 Å². The predicted octanol–water partition coefficient (Wildman–Crippen LogP) is 3.82. The molecule has 0 aliphatic heterocycles. The molecule has 2 heterocycles. The molecule has 1 amide bonds. The molecule has 3 aromatic rings. The molecule has 0 saturated heterocycles. The molecule has 3 rings (SSSR count). The molecule has 0 spiro atoms. The third-order valence-electron chi connectivity index (χ3n) is 3.42. The van der Waals surface area contributed by atoms with Crippen LogP contribution in [0, 0.1) is 10.1 Å². The van der Waals surface area contributed by atoms with Crippen molar-refractivity contribution in [3.63, 3.8) is 0 Å². The Morgan fingerprint density at radius 1 is 1.25 bits per heavy atom. The average molecular weight is 326 g/mol. The fraction of sp³-hybridized carbons (Fsp3) is 0.118. The normalized spacial score (nSPS) is 12.5. The molecule has 0 saturated carbocycles. The van der Waals surface area contributed by atoms with Crippen molar-refractivity contribution in [2.45, 2.75) is 13.0 Å². The van der Waals surface area contributed by atoms with E-state index in [1.807, 2.05) is 30.3 Å². The van der Waals surface area contributed by atoms with E-state index in [0.29, 0.717) is 5.76 Å². The molecule has 0 unspecified atom stereocenters. The van der Waals surface area contributed by atoms with Gasteiger partial charge in [0.05, 0.1) is 12.1 Å². The fourth-order valence-corrected chi connectivity index (χ4v) is 2.24. The van der Waals surface area contributed by atoms with Gasteiger partial charge < -0.3 is 14.2 Å². The van der Waals surface area contributed by atoms with E-state index in [4.69, 9.17) is 8.83 Å². The summed E-state index contributed by atoms with van der Waals surface area (Å²) in [5, 5.41) is 14.3. The van der Waals surface area contributed by atoms with Crippen molar-refractivity contribution in [2.24, 2.45) is 0 Å². The van der Waals surface area contributed by atoms with Crippen molar-refractivity contribution in [1.82, 2.24) is 5.32 Å². The second-order valence-corrected chi connectivity index (χ2v) is 5.18. The molecule has 7 heteroatoms. The van der Waals surface area contributed by atoms with Gasteiger partial charge in [-0.2, -0.15) is 0 Å². The van der Waals surface area contributed by atoms with Gasteiger partial charge in [0.2, 0.25) is 5.91 Å². The zero-order chi connectivity index (χ0) is 17.1. The van der Waals surface area contributed by atoms with Crippen LogP contribution in [0.15, 0.2) is 57.4 Å². The summed E-state index contributed by atoms with van der Waals surface area (Å²) < 4.78 is 10.6. The van der Waals surface area contributed by atoms with E-state index >= 15 is 0 Å². The smallest absolute Gasteiger partial charge is 0.433 e. The van der Waals surface area contributed by atoms with Gasteiger partial charge in [-0.25, -0.2) is 0 Å². The van der Waals surface area contributed by atoms with Crippen molar-refractivity contribution in [3.8, 4) is 0 Å². The number of hydrogen-bond acceptors (Lipinski definition) is 5. The van der Waals surface area contributed by atoms with Gasteiger partial charge in [-0.05, 0) is 31.2 Å². The maximum atomic E-state index is 11.9. The van der Waals surface area contributed by atoms with Gasteiger partial charge in [-0.1, -0.05) is 18.2 Å². The van der Waals surface area contributed by atoms with Crippen molar-refractivity contribution < 1.29 is 18.6 Å². The van der Waals surface area contributed by atoms with Crippen LogP contribution in [0.3, 0.4) is 0 Å². The monoisotopic (exact) mass is 326 g/mol. The molecule has 0 bridgehead atoms. The molecule has 0 aliphatic carbocycles. The standard InChI is InChI=1S/C17H14N2O5/c1-11(15-10-12-4-2-3-5-14(12)24-15)18-16(20)8-6-13-7-9-17(23-13)19(21)22/h2-11H,1H3,(H,18,20)/b8-6+/t11-/m1/s1. The average Bonchev–Trinajstić information content (AvgIpc) is 3.19. The molecule has 1 N–H and O–H groups in total. The Balaban J connectivity index is 1.64. The number of rotatable bonds is 5. The summed E-state index contributed by atoms with van der Waals surface area (Å²) in [5.74, 6) is 0.146. The van der Waals surface area contributed by atoms with Gasteiger partial charge in [0.1, 0.15) is 22.0 Å².